The molecule has 0 aromatic carbocycles. The third-order valence-corrected chi connectivity index (χ3v) is 2.83. The van der Waals surface area contributed by atoms with Crippen molar-refractivity contribution in [2.45, 2.75) is 18.9 Å². The summed E-state index contributed by atoms with van der Waals surface area (Å²) < 4.78 is 5.35. The van der Waals surface area contributed by atoms with Gasteiger partial charge in [-0.25, -0.2) is 4.79 Å². The van der Waals surface area contributed by atoms with E-state index in [2.05, 4.69) is 10.2 Å². The molecule has 2 heterocycles. The number of nitrogens with zero attached hydrogens (tertiary/aromatic N) is 2. The fourth-order valence-corrected chi connectivity index (χ4v) is 1.99. The molecule has 1 unspecified atom stereocenters. The Hall–Kier alpha value is -1.01. The van der Waals surface area contributed by atoms with Gasteiger partial charge in [0.2, 0.25) is 5.01 Å². The van der Waals surface area contributed by atoms with Gasteiger partial charge < -0.3 is 9.84 Å². The molecule has 0 amide bonds. The topological polar surface area (TPSA) is 72.3 Å². The average Bonchev–Trinajstić information content (AvgIpc) is 2.75. The van der Waals surface area contributed by atoms with Gasteiger partial charge in [-0.15, -0.1) is 10.2 Å². The molecule has 13 heavy (non-hydrogen) atoms. The minimum absolute atomic E-state index is 0.0329. The Morgan fingerprint density at radius 1 is 1.62 bits per heavy atom. The van der Waals surface area contributed by atoms with Crippen molar-refractivity contribution in [3.8, 4) is 0 Å². The van der Waals surface area contributed by atoms with Crippen LogP contribution in [0.4, 0.5) is 0 Å². The van der Waals surface area contributed by atoms with Crippen molar-refractivity contribution >= 4 is 17.3 Å². The van der Waals surface area contributed by atoms with Crippen LogP contribution in [0, 0.1) is 0 Å². The van der Waals surface area contributed by atoms with Gasteiger partial charge in [0.05, 0.1) is 0 Å². The maximum atomic E-state index is 10.5. The van der Waals surface area contributed by atoms with Gasteiger partial charge in [0.25, 0.3) is 0 Å². The van der Waals surface area contributed by atoms with E-state index in [1.807, 2.05) is 0 Å². The summed E-state index contributed by atoms with van der Waals surface area (Å²) in [4.78, 5) is 10.5. The van der Waals surface area contributed by atoms with Crippen molar-refractivity contribution in [1.82, 2.24) is 10.2 Å². The van der Waals surface area contributed by atoms with Gasteiger partial charge in [-0.2, -0.15) is 0 Å². The van der Waals surface area contributed by atoms with Crippen LogP contribution in [-0.4, -0.2) is 27.9 Å². The highest BCUT2D eigenvalue weighted by molar-refractivity contribution is 7.13. The summed E-state index contributed by atoms with van der Waals surface area (Å²) in [5.41, 5.74) is 0. The quantitative estimate of drug-likeness (QED) is 0.773. The van der Waals surface area contributed by atoms with Crippen LogP contribution in [0.3, 0.4) is 0 Å². The lowest BCUT2D eigenvalue weighted by Gasteiger charge is -2.01. The van der Waals surface area contributed by atoms with Crippen molar-refractivity contribution in [1.29, 1.82) is 0 Å². The first-order valence-corrected chi connectivity index (χ1v) is 4.77. The second-order valence-electron chi connectivity index (χ2n) is 2.75. The Morgan fingerprint density at radius 2 is 2.46 bits per heavy atom. The van der Waals surface area contributed by atoms with Crippen molar-refractivity contribution in [2.75, 3.05) is 6.61 Å². The predicted molar refractivity (Wildman–Crippen MR) is 44.8 cm³/mol. The molecule has 5 nitrogen and oxygen atoms in total. The van der Waals surface area contributed by atoms with Crippen molar-refractivity contribution in [2.24, 2.45) is 0 Å². The molecule has 1 aromatic rings. The summed E-state index contributed by atoms with van der Waals surface area (Å²) in [6, 6.07) is 0. The fraction of sp³-hybridized carbons (Fsp3) is 0.571. The maximum absolute atomic E-state index is 10.5. The van der Waals surface area contributed by atoms with Crippen LogP contribution in [0.25, 0.3) is 0 Å². The summed E-state index contributed by atoms with van der Waals surface area (Å²) in [5.74, 6) is -1.03. The predicted octanol–water partition coefficient (Wildman–Crippen LogP) is 1.09. The molecule has 0 bridgehead atoms. The molecule has 6 heteroatoms. The number of ether oxygens (including phenoxy) is 1. The highest BCUT2D eigenvalue weighted by Gasteiger charge is 2.23. The molecule has 0 aliphatic carbocycles. The summed E-state index contributed by atoms with van der Waals surface area (Å²) in [6.45, 7) is 0.729. The molecule has 1 aliphatic heterocycles. The second-order valence-corrected chi connectivity index (χ2v) is 3.76. The molecule has 70 valence electrons. The number of aromatic carboxylic acids is 1. The Kier molecular flexibility index (Phi) is 2.24. The third-order valence-electron chi connectivity index (χ3n) is 1.83. The van der Waals surface area contributed by atoms with Crippen LogP contribution >= 0.6 is 11.3 Å². The van der Waals surface area contributed by atoms with E-state index in [4.69, 9.17) is 9.84 Å². The first-order chi connectivity index (χ1) is 6.27. The molecule has 1 atom stereocenters. The molecular weight excluding hydrogens is 192 g/mol. The van der Waals surface area contributed by atoms with Gasteiger partial charge in [0, 0.05) is 6.61 Å². The average molecular weight is 200 g/mol. The highest BCUT2D eigenvalue weighted by atomic mass is 32.1. The standard InChI is InChI=1S/C7H8N2O3S/c10-7(11)6-9-8-5(13-6)4-2-1-3-12-4/h4H,1-3H2,(H,10,11). The zero-order valence-electron chi connectivity index (χ0n) is 6.77. The van der Waals surface area contributed by atoms with Crippen molar-refractivity contribution in [3.63, 3.8) is 0 Å². The van der Waals surface area contributed by atoms with Gasteiger partial charge in [-0.3, -0.25) is 0 Å². The first kappa shape index (κ1) is 8.58. The van der Waals surface area contributed by atoms with Crippen LogP contribution in [0.5, 0.6) is 0 Å². The first-order valence-electron chi connectivity index (χ1n) is 3.95. The lowest BCUT2D eigenvalue weighted by Crippen LogP contribution is -1.94. The molecule has 0 spiro atoms. The lowest BCUT2D eigenvalue weighted by molar-refractivity contribution is 0.0695. The van der Waals surface area contributed by atoms with E-state index in [9.17, 15) is 4.79 Å². The van der Waals surface area contributed by atoms with E-state index in [0.29, 0.717) is 5.01 Å². The number of hydrogen-bond acceptors (Lipinski definition) is 5. The van der Waals surface area contributed by atoms with E-state index in [1.54, 1.807) is 0 Å². The third kappa shape index (κ3) is 1.68. The smallest absolute Gasteiger partial charge is 0.367 e. The van der Waals surface area contributed by atoms with Gasteiger partial charge in [0.15, 0.2) is 0 Å². The minimum Gasteiger partial charge on any atom is -0.476 e. The number of carboxylic acid groups (broad SMARTS) is 1. The summed E-state index contributed by atoms with van der Waals surface area (Å²) in [7, 11) is 0. The van der Waals surface area contributed by atoms with Gasteiger partial charge >= 0.3 is 5.97 Å². The van der Waals surface area contributed by atoms with E-state index in [1.165, 1.54) is 0 Å². The van der Waals surface area contributed by atoms with Crippen LogP contribution < -0.4 is 0 Å². The number of carboxylic acids is 1. The van der Waals surface area contributed by atoms with Gasteiger partial charge in [0.1, 0.15) is 11.1 Å². The zero-order chi connectivity index (χ0) is 9.26. The molecule has 0 saturated carbocycles. The number of rotatable bonds is 2. The summed E-state index contributed by atoms with van der Waals surface area (Å²) in [6.07, 6.45) is 1.88. The monoisotopic (exact) mass is 200 g/mol. The van der Waals surface area contributed by atoms with Gasteiger partial charge in [-0.05, 0) is 12.8 Å². The lowest BCUT2D eigenvalue weighted by atomic mass is 10.2. The van der Waals surface area contributed by atoms with Crippen LogP contribution in [0.2, 0.25) is 0 Å². The zero-order valence-corrected chi connectivity index (χ0v) is 7.58. The molecule has 2 rings (SSSR count). The largest absolute Gasteiger partial charge is 0.476 e. The maximum Gasteiger partial charge on any atom is 0.367 e. The molecule has 1 aromatic heterocycles. The molecule has 1 saturated heterocycles. The molecule has 0 radical (unpaired) electrons. The number of hydrogen-bond donors (Lipinski definition) is 1. The summed E-state index contributed by atoms with van der Waals surface area (Å²) in [5, 5.41) is 16.6. The molecule has 1 fully saturated rings. The van der Waals surface area contributed by atoms with E-state index in [0.717, 1.165) is 30.8 Å². The second kappa shape index (κ2) is 3.39. The number of aromatic nitrogens is 2. The van der Waals surface area contributed by atoms with E-state index < -0.39 is 5.97 Å². The Morgan fingerprint density at radius 3 is 3.00 bits per heavy atom. The molecule has 1 aliphatic rings. The Bertz CT molecular complexity index is 319. The van der Waals surface area contributed by atoms with Crippen LogP contribution in [0.15, 0.2) is 0 Å². The highest BCUT2D eigenvalue weighted by Crippen LogP contribution is 2.30. The minimum atomic E-state index is -1.03. The summed E-state index contributed by atoms with van der Waals surface area (Å²) >= 11 is 1.09. The van der Waals surface area contributed by atoms with Crippen molar-refractivity contribution in [3.05, 3.63) is 10.0 Å². The Balaban J connectivity index is 2.16. The normalized spacial score (nSPS) is 22.0. The van der Waals surface area contributed by atoms with Crippen LogP contribution in [0.1, 0.15) is 33.8 Å². The molecular formula is C7H8N2O3S. The SMILES string of the molecule is O=C(O)c1nnc(C2CCCO2)s1. The Labute approximate surface area is 78.4 Å². The van der Waals surface area contributed by atoms with Crippen LogP contribution in [-0.2, 0) is 4.74 Å². The van der Waals surface area contributed by atoms with E-state index in [-0.39, 0.29) is 11.1 Å². The van der Waals surface area contributed by atoms with E-state index >= 15 is 0 Å². The van der Waals surface area contributed by atoms with Gasteiger partial charge in [-0.1, -0.05) is 11.3 Å². The fourth-order valence-electron chi connectivity index (χ4n) is 1.22. The molecule has 1 N–H and O–H groups in total. The number of carbonyl (C=O) groups is 1. The van der Waals surface area contributed by atoms with Crippen molar-refractivity contribution < 1.29 is 14.6 Å².